The van der Waals surface area contributed by atoms with Crippen molar-refractivity contribution in [3.8, 4) is 17.6 Å². The van der Waals surface area contributed by atoms with Crippen LogP contribution in [0.25, 0.3) is 0 Å². The lowest BCUT2D eigenvalue weighted by Gasteiger charge is -2.18. The van der Waals surface area contributed by atoms with E-state index in [1.54, 1.807) is 6.07 Å². The van der Waals surface area contributed by atoms with E-state index in [4.69, 9.17) is 5.26 Å². The number of hydrogen-bond acceptors (Lipinski definition) is 5. The molecule has 0 aliphatic heterocycles. The Balaban J connectivity index is 3.40. The van der Waals surface area contributed by atoms with Crippen molar-refractivity contribution in [3.63, 3.8) is 0 Å². The van der Waals surface area contributed by atoms with Gasteiger partial charge in [0.15, 0.2) is 11.5 Å². The number of nitrogens with zero attached hydrogens (tertiary/aromatic N) is 1. The van der Waals surface area contributed by atoms with Crippen LogP contribution in [-0.4, -0.2) is 25.6 Å². The lowest BCUT2D eigenvalue weighted by atomic mass is 10.0. The standard InChI is InChI=1S/C13H10F5NO4/c1-2-21-10(20)5-8-7(6-19)3-4-9(22-12(14)15)11(8)23-13(16,17)18/h3-4,12H,2,5H2,1H3. The summed E-state index contributed by atoms with van der Waals surface area (Å²) in [5, 5.41) is 8.93. The molecule has 0 amide bonds. The molecule has 0 aliphatic rings. The van der Waals surface area contributed by atoms with Crippen molar-refractivity contribution in [2.45, 2.75) is 26.3 Å². The number of benzene rings is 1. The van der Waals surface area contributed by atoms with E-state index in [0.717, 1.165) is 12.1 Å². The molecule has 5 nitrogen and oxygen atoms in total. The van der Waals surface area contributed by atoms with Crippen LogP contribution in [0.15, 0.2) is 12.1 Å². The maximum Gasteiger partial charge on any atom is 0.573 e. The Morgan fingerprint density at radius 1 is 1.35 bits per heavy atom. The molecule has 0 N–H and O–H groups in total. The number of rotatable bonds is 6. The van der Waals surface area contributed by atoms with Crippen LogP contribution in [0.2, 0.25) is 0 Å². The van der Waals surface area contributed by atoms with E-state index in [-0.39, 0.29) is 12.2 Å². The summed E-state index contributed by atoms with van der Waals surface area (Å²) in [5.41, 5.74) is -0.916. The minimum absolute atomic E-state index is 0.0522. The smallest absolute Gasteiger partial charge is 0.466 e. The van der Waals surface area contributed by atoms with E-state index >= 15 is 0 Å². The van der Waals surface area contributed by atoms with E-state index in [1.807, 2.05) is 0 Å². The number of nitriles is 1. The molecule has 10 heteroatoms. The molecule has 0 spiro atoms. The van der Waals surface area contributed by atoms with Gasteiger partial charge in [-0.2, -0.15) is 14.0 Å². The number of esters is 1. The molecule has 0 heterocycles. The molecule has 1 aromatic rings. The van der Waals surface area contributed by atoms with Crippen molar-refractivity contribution >= 4 is 5.97 Å². The molecule has 0 radical (unpaired) electrons. The first-order valence-corrected chi connectivity index (χ1v) is 6.10. The Labute approximate surface area is 127 Å². The monoisotopic (exact) mass is 339 g/mol. The van der Waals surface area contributed by atoms with Gasteiger partial charge < -0.3 is 14.2 Å². The van der Waals surface area contributed by atoms with Gasteiger partial charge in [-0.05, 0) is 19.1 Å². The summed E-state index contributed by atoms with van der Waals surface area (Å²) >= 11 is 0. The third kappa shape index (κ3) is 5.61. The predicted octanol–water partition coefficient (Wildman–Crippen LogP) is 3.16. The van der Waals surface area contributed by atoms with Crippen molar-refractivity contribution in [1.29, 1.82) is 5.26 Å². The molecule has 0 saturated carbocycles. The summed E-state index contributed by atoms with van der Waals surface area (Å²) in [6, 6.07) is 3.21. The number of hydrogen-bond donors (Lipinski definition) is 0. The van der Waals surface area contributed by atoms with Gasteiger partial charge in [-0.25, -0.2) is 0 Å². The maximum atomic E-state index is 12.5. The zero-order chi connectivity index (χ0) is 17.6. The Bertz CT molecular complexity index is 610. The van der Waals surface area contributed by atoms with Gasteiger partial charge in [0.05, 0.1) is 24.7 Å². The molecule has 23 heavy (non-hydrogen) atoms. The van der Waals surface area contributed by atoms with Crippen molar-refractivity contribution in [2.24, 2.45) is 0 Å². The van der Waals surface area contributed by atoms with Crippen LogP contribution < -0.4 is 9.47 Å². The van der Waals surface area contributed by atoms with Crippen molar-refractivity contribution in [3.05, 3.63) is 23.3 Å². The lowest BCUT2D eigenvalue weighted by molar-refractivity contribution is -0.275. The fourth-order valence-electron chi connectivity index (χ4n) is 1.66. The van der Waals surface area contributed by atoms with E-state index in [0.29, 0.717) is 0 Å². The summed E-state index contributed by atoms with van der Waals surface area (Å²) < 4.78 is 74.3. The molecular formula is C13H10F5NO4. The van der Waals surface area contributed by atoms with Gasteiger partial charge in [0.1, 0.15) is 0 Å². The second-order valence-corrected chi connectivity index (χ2v) is 3.94. The number of carbonyl (C=O) groups excluding carboxylic acids is 1. The second-order valence-electron chi connectivity index (χ2n) is 3.94. The quantitative estimate of drug-likeness (QED) is 0.588. The first kappa shape index (κ1) is 18.5. The number of carbonyl (C=O) groups is 1. The Morgan fingerprint density at radius 3 is 2.48 bits per heavy atom. The van der Waals surface area contributed by atoms with Crippen LogP contribution in [0, 0.1) is 11.3 Å². The molecule has 0 saturated heterocycles. The minimum Gasteiger partial charge on any atom is -0.466 e. The zero-order valence-corrected chi connectivity index (χ0v) is 11.6. The topological polar surface area (TPSA) is 68.6 Å². The first-order valence-electron chi connectivity index (χ1n) is 6.10. The maximum absolute atomic E-state index is 12.5. The lowest BCUT2D eigenvalue weighted by Crippen LogP contribution is -2.21. The summed E-state index contributed by atoms with van der Waals surface area (Å²) in [6.07, 6.45) is -6.01. The van der Waals surface area contributed by atoms with Crippen molar-refractivity contribution in [1.82, 2.24) is 0 Å². The fourth-order valence-corrected chi connectivity index (χ4v) is 1.66. The average molecular weight is 339 g/mol. The van der Waals surface area contributed by atoms with Gasteiger partial charge in [0.25, 0.3) is 0 Å². The van der Waals surface area contributed by atoms with Crippen LogP contribution in [0.4, 0.5) is 22.0 Å². The van der Waals surface area contributed by atoms with E-state index in [2.05, 4.69) is 14.2 Å². The first-order chi connectivity index (χ1) is 10.7. The highest BCUT2D eigenvalue weighted by Gasteiger charge is 2.35. The zero-order valence-electron chi connectivity index (χ0n) is 11.6. The summed E-state index contributed by atoms with van der Waals surface area (Å²) in [6.45, 7) is -2.01. The number of ether oxygens (including phenoxy) is 3. The molecule has 0 unspecified atom stereocenters. The van der Waals surface area contributed by atoms with E-state index in [9.17, 15) is 26.7 Å². The van der Waals surface area contributed by atoms with Gasteiger partial charge in [0.2, 0.25) is 0 Å². The normalized spacial score (nSPS) is 11.0. The third-order valence-electron chi connectivity index (χ3n) is 2.41. The summed E-state index contributed by atoms with van der Waals surface area (Å²) in [7, 11) is 0. The Kier molecular flexibility index (Phi) is 6.12. The predicted molar refractivity (Wildman–Crippen MR) is 64.8 cm³/mol. The van der Waals surface area contributed by atoms with Crippen LogP contribution in [0.1, 0.15) is 18.1 Å². The van der Waals surface area contributed by atoms with Crippen LogP contribution in [-0.2, 0) is 16.0 Å². The molecule has 126 valence electrons. The van der Waals surface area contributed by atoms with E-state index in [1.165, 1.54) is 6.92 Å². The second kappa shape index (κ2) is 7.62. The van der Waals surface area contributed by atoms with Gasteiger partial charge in [0, 0.05) is 5.56 Å². The third-order valence-corrected chi connectivity index (χ3v) is 2.41. The minimum atomic E-state index is -5.24. The van der Waals surface area contributed by atoms with Gasteiger partial charge in [-0.1, -0.05) is 0 Å². The molecule has 1 rings (SSSR count). The number of halogens is 5. The fraction of sp³-hybridized carbons (Fsp3) is 0.385. The van der Waals surface area contributed by atoms with Gasteiger partial charge in [-0.3, -0.25) is 4.79 Å². The number of alkyl halides is 5. The van der Waals surface area contributed by atoms with Crippen LogP contribution >= 0.6 is 0 Å². The summed E-state index contributed by atoms with van der Waals surface area (Å²) in [4.78, 5) is 11.5. The molecule has 0 atom stereocenters. The highest BCUT2D eigenvalue weighted by Crippen LogP contribution is 2.38. The molecule has 0 aliphatic carbocycles. The average Bonchev–Trinajstić information content (AvgIpc) is 2.41. The molecule has 0 fully saturated rings. The highest BCUT2D eigenvalue weighted by molar-refractivity contribution is 5.75. The molecular weight excluding hydrogens is 329 g/mol. The van der Waals surface area contributed by atoms with Gasteiger partial charge >= 0.3 is 18.9 Å². The van der Waals surface area contributed by atoms with Crippen molar-refractivity contribution in [2.75, 3.05) is 6.61 Å². The Hall–Kier alpha value is -2.57. The SMILES string of the molecule is CCOC(=O)Cc1c(C#N)ccc(OC(F)F)c1OC(F)(F)F. The molecule has 1 aromatic carbocycles. The largest absolute Gasteiger partial charge is 0.573 e. The van der Waals surface area contributed by atoms with Gasteiger partial charge in [-0.15, -0.1) is 13.2 Å². The summed E-state index contributed by atoms with van der Waals surface area (Å²) in [5.74, 6) is -3.08. The van der Waals surface area contributed by atoms with Crippen LogP contribution in [0.3, 0.4) is 0 Å². The van der Waals surface area contributed by atoms with E-state index < -0.39 is 42.4 Å². The molecule has 0 bridgehead atoms. The molecule has 0 aromatic heterocycles. The van der Waals surface area contributed by atoms with Crippen molar-refractivity contribution < 1.29 is 41.0 Å². The Morgan fingerprint density at radius 2 is 2.00 bits per heavy atom. The highest BCUT2D eigenvalue weighted by atomic mass is 19.4. The van der Waals surface area contributed by atoms with Crippen LogP contribution in [0.5, 0.6) is 11.5 Å².